The van der Waals surface area contributed by atoms with Gasteiger partial charge in [-0.2, -0.15) is 0 Å². The van der Waals surface area contributed by atoms with Crippen molar-refractivity contribution in [2.75, 3.05) is 18.5 Å². The molecule has 1 N–H and O–H groups in total. The number of carbonyl (C=O) groups excluding carboxylic acids is 2. The van der Waals surface area contributed by atoms with Crippen LogP contribution in [0.2, 0.25) is 0 Å². The van der Waals surface area contributed by atoms with Gasteiger partial charge >= 0.3 is 11.9 Å². The number of fused-ring (bicyclic) bond motifs is 3. The van der Waals surface area contributed by atoms with Gasteiger partial charge in [0.05, 0.1) is 18.7 Å². The Morgan fingerprint density at radius 2 is 1.62 bits per heavy atom. The third-order valence-electron chi connectivity index (χ3n) is 5.38. The monoisotopic (exact) mass is 458 g/mol. The minimum Gasteiger partial charge on any atom is -0.462 e. The number of benzene rings is 2. The number of aromatic nitrogens is 3. The first-order chi connectivity index (χ1) is 16.4. The van der Waals surface area contributed by atoms with E-state index in [1.165, 1.54) is 11.8 Å². The molecule has 0 radical (unpaired) electrons. The summed E-state index contributed by atoms with van der Waals surface area (Å²) in [4.78, 5) is 24.4. The number of nitrogens with one attached hydrogen (secondary N) is 1. The van der Waals surface area contributed by atoms with Crippen LogP contribution >= 0.6 is 0 Å². The molecule has 34 heavy (non-hydrogen) atoms. The molecule has 0 amide bonds. The lowest BCUT2D eigenvalue weighted by atomic mass is 10.1. The number of hydrogen-bond donors (Lipinski definition) is 1. The third-order valence-corrected chi connectivity index (χ3v) is 5.38. The highest BCUT2D eigenvalue weighted by atomic mass is 16.6. The molecule has 174 valence electrons. The molecule has 2 aromatic heterocycles. The van der Waals surface area contributed by atoms with Crippen LogP contribution in [0.1, 0.15) is 25.0 Å². The minimum absolute atomic E-state index is 0.156. The number of rotatable bonds is 7. The molecular formula is C26H26N4O4. The van der Waals surface area contributed by atoms with Crippen LogP contribution in [0.5, 0.6) is 0 Å². The Bertz CT molecular complexity index is 1380. The van der Waals surface area contributed by atoms with Crippen LogP contribution in [0.4, 0.5) is 5.69 Å². The fourth-order valence-corrected chi connectivity index (χ4v) is 3.70. The first-order valence-electron chi connectivity index (χ1n) is 11.1. The van der Waals surface area contributed by atoms with E-state index in [0.717, 1.165) is 33.5 Å². The summed E-state index contributed by atoms with van der Waals surface area (Å²) >= 11 is 0. The van der Waals surface area contributed by atoms with Crippen LogP contribution in [0.3, 0.4) is 0 Å². The van der Waals surface area contributed by atoms with E-state index in [1.54, 1.807) is 13.8 Å². The number of aryl methyl sites for hydroxylation is 2. The van der Waals surface area contributed by atoms with E-state index in [4.69, 9.17) is 9.47 Å². The van der Waals surface area contributed by atoms with Gasteiger partial charge in [-0.05, 0) is 57.5 Å². The maximum Gasteiger partial charge on any atom is 0.347 e. The Hall–Kier alpha value is -4.20. The smallest absolute Gasteiger partial charge is 0.347 e. The van der Waals surface area contributed by atoms with Crippen molar-refractivity contribution >= 4 is 34.2 Å². The fourth-order valence-electron chi connectivity index (χ4n) is 3.70. The normalized spacial score (nSPS) is 10.8. The number of esters is 2. The first-order valence-corrected chi connectivity index (χ1v) is 11.1. The molecule has 8 nitrogen and oxygen atoms in total. The molecule has 0 aliphatic heterocycles. The second-order valence-electron chi connectivity index (χ2n) is 7.79. The molecule has 0 bridgehead atoms. The van der Waals surface area contributed by atoms with Gasteiger partial charge in [0.1, 0.15) is 0 Å². The maximum atomic E-state index is 12.2. The molecule has 2 heterocycles. The lowest BCUT2D eigenvalue weighted by molar-refractivity contribution is -0.146. The number of carbonyl (C=O) groups is 2. The molecular weight excluding hydrogens is 432 g/mol. The van der Waals surface area contributed by atoms with Crippen molar-refractivity contribution in [1.82, 2.24) is 14.6 Å². The van der Waals surface area contributed by atoms with Gasteiger partial charge in [-0.25, -0.2) is 9.59 Å². The summed E-state index contributed by atoms with van der Waals surface area (Å²) in [5.74, 6) is -0.716. The zero-order valence-corrected chi connectivity index (χ0v) is 19.6. The Morgan fingerprint density at radius 3 is 2.26 bits per heavy atom. The van der Waals surface area contributed by atoms with E-state index in [1.807, 2.05) is 66.8 Å². The molecule has 0 aliphatic carbocycles. The Balaban J connectivity index is 1.75. The lowest BCUT2D eigenvalue weighted by Crippen LogP contribution is -2.19. The van der Waals surface area contributed by atoms with E-state index in [9.17, 15) is 9.59 Å². The largest absolute Gasteiger partial charge is 0.462 e. The van der Waals surface area contributed by atoms with E-state index in [-0.39, 0.29) is 18.8 Å². The third kappa shape index (κ3) is 4.47. The molecule has 0 saturated carbocycles. The Labute approximate surface area is 197 Å². The summed E-state index contributed by atoms with van der Waals surface area (Å²) in [7, 11) is 0. The molecule has 4 aromatic rings. The summed E-state index contributed by atoms with van der Waals surface area (Å²) in [6.45, 7) is 7.72. The van der Waals surface area contributed by atoms with Crippen molar-refractivity contribution in [3.05, 3.63) is 71.4 Å². The summed E-state index contributed by atoms with van der Waals surface area (Å²) < 4.78 is 12.0. The average molecular weight is 459 g/mol. The van der Waals surface area contributed by atoms with Crippen LogP contribution in [-0.4, -0.2) is 39.8 Å². The SMILES string of the molecule is CCOC(=O)C(=CNc1ccc2c(c1)c(C)cc1nnc(-c3ccc(C)cc3)n12)C(=O)OCC. The van der Waals surface area contributed by atoms with Gasteiger partial charge in [0.15, 0.2) is 17.0 Å². The topological polar surface area (TPSA) is 94.8 Å². The lowest BCUT2D eigenvalue weighted by Gasteiger charge is -2.11. The van der Waals surface area contributed by atoms with Crippen molar-refractivity contribution in [1.29, 1.82) is 0 Å². The van der Waals surface area contributed by atoms with Gasteiger partial charge in [0.25, 0.3) is 0 Å². The number of anilines is 1. The standard InChI is InChI=1S/C26H26N4O4/c1-5-33-25(31)21(26(32)34-6-2)15-27-19-11-12-22-20(14-19)17(4)13-23-28-29-24(30(22)23)18-9-7-16(3)8-10-18/h7-15,27H,5-6H2,1-4H3. The molecule has 0 spiro atoms. The van der Waals surface area contributed by atoms with Gasteiger partial charge in [-0.3, -0.25) is 4.40 Å². The van der Waals surface area contributed by atoms with Crippen LogP contribution in [0, 0.1) is 13.8 Å². The molecule has 2 aromatic carbocycles. The second-order valence-corrected chi connectivity index (χ2v) is 7.79. The number of ether oxygens (including phenoxy) is 2. The highest BCUT2D eigenvalue weighted by Crippen LogP contribution is 2.28. The molecule has 0 aliphatic rings. The zero-order valence-electron chi connectivity index (χ0n) is 19.6. The van der Waals surface area contributed by atoms with Gasteiger partial charge in [-0.15, -0.1) is 10.2 Å². The van der Waals surface area contributed by atoms with Crippen molar-refractivity contribution in [3.63, 3.8) is 0 Å². The molecule has 0 saturated heterocycles. The molecule has 0 unspecified atom stereocenters. The van der Waals surface area contributed by atoms with Gasteiger partial charge in [0, 0.05) is 22.8 Å². The number of hydrogen-bond acceptors (Lipinski definition) is 7. The second kappa shape index (κ2) is 9.74. The Morgan fingerprint density at radius 1 is 0.941 bits per heavy atom. The van der Waals surface area contributed by atoms with Crippen molar-refractivity contribution in [2.45, 2.75) is 27.7 Å². The number of nitrogens with zero attached hydrogens (tertiary/aromatic N) is 3. The summed E-state index contributed by atoms with van der Waals surface area (Å²) in [6, 6.07) is 15.9. The van der Waals surface area contributed by atoms with Crippen molar-refractivity contribution in [2.24, 2.45) is 0 Å². The molecule has 0 atom stereocenters. The van der Waals surface area contributed by atoms with E-state index >= 15 is 0 Å². The van der Waals surface area contributed by atoms with Crippen LogP contribution in [-0.2, 0) is 19.1 Å². The predicted octanol–water partition coefficient (Wildman–Crippen LogP) is 4.59. The van der Waals surface area contributed by atoms with E-state index < -0.39 is 11.9 Å². The van der Waals surface area contributed by atoms with Gasteiger partial charge in [-0.1, -0.05) is 29.8 Å². The van der Waals surface area contributed by atoms with Crippen LogP contribution in [0.15, 0.2) is 60.3 Å². The average Bonchev–Trinajstić information content (AvgIpc) is 3.24. The van der Waals surface area contributed by atoms with E-state index in [2.05, 4.69) is 15.5 Å². The molecule has 0 fully saturated rings. The predicted molar refractivity (Wildman–Crippen MR) is 130 cm³/mol. The van der Waals surface area contributed by atoms with Gasteiger partial charge in [0.2, 0.25) is 0 Å². The summed E-state index contributed by atoms with van der Waals surface area (Å²) in [6.07, 6.45) is 1.32. The van der Waals surface area contributed by atoms with Crippen molar-refractivity contribution < 1.29 is 19.1 Å². The molecule has 8 heteroatoms. The highest BCUT2D eigenvalue weighted by molar-refractivity contribution is 6.14. The van der Waals surface area contributed by atoms with Gasteiger partial charge < -0.3 is 14.8 Å². The van der Waals surface area contributed by atoms with E-state index in [0.29, 0.717) is 5.69 Å². The van der Waals surface area contributed by atoms with Crippen LogP contribution in [0.25, 0.3) is 27.9 Å². The fraction of sp³-hybridized carbons (Fsp3) is 0.231. The Kier molecular flexibility index (Phi) is 6.58. The minimum atomic E-state index is -0.737. The summed E-state index contributed by atoms with van der Waals surface area (Å²) in [5, 5.41) is 12.8. The maximum absolute atomic E-state index is 12.2. The molecule has 4 rings (SSSR count). The van der Waals surface area contributed by atoms with Crippen LogP contribution < -0.4 is 5.32 Å². The summed E-state index contributed by atoms with van der Waals surface area (Å²) in [5.41, 5.74) is 5.37. The van der Waals surface area contributed by atoms with Crippen molar-refractivity contribution in [3.8, 4) is 11.4 Å². The zero-order chi connectivity index (χ0) is 24.2. The highest BCUT2D eigenvalue weighted by Gasteiger charge is 2.21. The quantitative estimate of drug-likeness (QED) is 0.187. The first kappa shape index (κ1) is 23.0. The number of pyridine rings is 1.